The molecule has 1 fully saturated rings. The minimum atomic E-state index is -5.04. The van der Waals surface area contributed by atoms with Crippen LogP contribution in [0.2, 0.25) is 0 Å². The highest BCUT2D eigenvalue weighted by atomic mass is 19.4. The van der Waals surface area contributed by atoms with Crippen molar-refractivity contribution >= 4 is 17.9 Å². The highest BCUT2D eigenvalue weighted by Gasteiger charge is 2.38. The fraction of sp³-hybridized carbons (Fsp3) is 0.333. The number of piperazine rings is 1. The summed E-state index contributed by atoms with van der Waals surface area (Å²) in [6.45, 7) is 3.91. The molecular formula is C33H33F6N3O3. The van der Waals surface area contributed by atoms with Crippen LogP contribution in [0.3, 0.4) is 0 Å². The summed E-state index contributed by atoms with van der Waals surface area (Å²) in [5.74, 6) is -0.375. The lowest BCUT2D eigenvalue weighted by molar-refractivity contribution is -0.143. The number of hydrogen-bond donors (Lipinski definition) is 0. The Labute approximate surface area is 257 Å². The summed E-state index contributed by atoms with van der Waals surface area (Å²) in [4.78, 5) is 31.3. The first-order chi connectivity index (χ1) is 21.3. The predicted octanol–water partition coefficient (Wildman–Crippen LogP) is 6.65. The molecule has 12 heteroatoms. The smallest absolute Gasteiger partial charge is 0.416 e. The second-order valence-corrected chi connectivity index (χ2v) is 10.7. The van der Waals surface area contributed by atoms with E-state index < -0.39 is 35.0 Å². The molecule has 1 heterocycles. The molecule has 0 atom stereocenters. The van der Waals surface area contributed by atoms with E-state index in [4.69, 9.17) is 4.74 Å². The van der Waals surface area contributed by atoms with Crippen LogP contribution in [-0.4, -0.2) is 79.4 Å². The van der Waals surface area contributed by atoms with Gasteiger partial charge in [0.15, 0.2) is 0 Å². The van der Waals surface area contributed by atoms with Gasteiger partial charge in [-0.2, -0.15) is 26.3 Å². The van der Waals surface area contributed by atoms with E-state index in [0.717, 1.165) is 11.1 Å². The van der Waals surface area contributed by atoms with Crippen LogP contribution < -0.4 is 4.74 Å². The van der Waals surface area contributed by atoms with E-state index in [1.807, 2.05) is 60.4 Å². The van der Waals surface area contributed by atoms with Crippen LogP contribution in [0, 0.1) is 6.92 Å². The molecule has 0 aromatic heterocycles. The number of para-hydroxylation sites is 1. The number of methoxy groups -OCH3 is 1. The molecule has 0 aliphatic carbocycles. The van der Waals surface area contributed by atoms with Crippen LogP contribution in [0.15, 0.2) is 72.8 Å². The Bertz CT molecular complexity index is 1480. The Balaban J connectivity index is 1.42. The van der Waals surface area contributed by atoms with Crippen molar-refractivity contribution < 1.29 is 40.7 Å². The summed E-state index contributed by atoms with van der Waals surface area (Å²) in [5, 5.41) is 0. The SMILES string of the molecule is COc1ccccc1/C=C/CN(CCN1CCN(C(=O)c2cc(C(F)(F)F)cc(C(F)(F)F)c2)CC1)C(=O)c1ccc(C)cc1. The number of carbonyl (C=O) groups is 2. The van der Waals surface area contributed by atoms with Crippen molar-refractivity contribution in [1.29, 1.82) is 0 Å². The number of hydrogen-bond acceptors (Lipinski definition) is 4. The maximum atomic E-state index is 13.4. The van der Waals surface area contributed by atoms with Crippen LogP contribution in [0.1, 0.15) is 43.0 Å². The first kappa shape index (κ1) is 33.6. The topological polar surface area (TPSA) is 53.1 Å². The number of carbonyl (C=O) groups excluding carboxylic acids is 2. The van der Waals surface area contributed by atoms with Crippen molar-refractivity contribution in [2.75, 3.05) is 52.9 Å². The fourth-order valence-electron chi connectivity index (χ4n) is 4.96. The molecule has 1 aliphatic heterocycles. The second kappa shape index (κ2) is 14.2. The first-order valence-electron chi connectivity index (χ1n) is 14.2. The maximum Gasteiger partial charge on any atom is 0.416 e. The third-order valence-corrected chi connectivity index (χ3v) is 7.53. The molecular weight excluding hydrogens is 600 g/mol. The van der Waals surface area contributed by atoms with E-state index in [1.54, 1.807) is 24.1 Å². The van der Waals surface area contributed by atoms with Crippen molar-refractivity contribution in [3.05, 3.63) is 106 Å². The number of benzene rings is 3. The number of nitrogens with zero attached hydrogens (tertiary/aromatic N) is 3. The van der Waals surface area contributed by atoms with Crippen LogP contribution in [0.4, 0.5) is 26.3 Å². The highest BCUT2D eigenvalue weighted by Crippen LogP contribution is 2.36. The zero-order valence-electron chi connectivity index (χ0n) is 24.8. The lowest BCUT2D eigenvalue weighted by Gasteiger charge is -2.36. The molecule has 0 saturated carbocycles. The number of amides is 2. The van der Waals surface area contributed by atoms with E-state index in [2.05, 4.69) is 0 Å². The van der Waals surface area contributed by atoms with Gasteiger partial charge in [0.1, 0.15) is 5.75 Å². The standard InChI is InChI=1S/C33H33F6N3O3/c1-23-9-11-25(12-10-23)30(43)41(13-5-7-24-6-3-4-8-29(24)45-2)17-14-40-15-18-42(19-16-40)31(44)26-20-27(32(34,35)36)22-28(21-26)33(37,38)39/h3-12,20-22H,13-19H2,1-2H3/b7-5+. The van der Waals surface area contributed by atoms with Crippen molar-refractivity contribution in [3.8, 4) is 5.75 Å². The number of aryl methyl sites for hydroxylation is 1. The van der Waals surface area contributed by atoms with Gasteiger partial charge in [0.05, 0.1) is 18.2 Å². The van der Waals surface area contributed by atoms with Crippen LogP contribution in [0.5, 0.6) is 5.75 Å². The van der Waals surface area contributed by atoms with Crippen molar-refractivity contribution in [3.63, 3.8) is 0 Å². The quantitative estimate of drug-likeness (QED) is 0.248. The third kappa shape index (κ3) is 8.87. The van der Waals surface area contributed by atoms with E-state index in [-0.39, 0.29) is 25.1 Å². The van der Waals surface area contributed by atoms with Gasteiger partial charge in [0, 0.05) is 62.5 Å². The summed E-state index contributed by atoms with van der Waals surface area (Å²) in [6.07, 6.45) is -6.35. The molecule has 2 amide bonds. The van der Waals surface area contributed by atoms with Gasteiger partial charge in [-0.1, -0.05) is 48.0 Å². The minimum Gasteiger partial charge on any atom is -0.496 e. The maximum absolute atomic E-state index is 13.4. The second-order valence-electron chi connectivity index (χ2n) is 10.7. The monoisotopic (exact) mass is 633 g/mol. The molecule has 3 aromatic rings. The summed E-state index contributed by atoms with van der Waals surface area (Å²) < 4.78 is 85.1. The molecule has 4 rings (SSSR count). The molecule has 0 spiro atoms. The van der Waals surface area contributed by atoms with Gasteiger partial charge in [-0.25, -0.2) is 0 Å². The highest BCUT2D eigenvalue weighted by molar-refractivity contribution is 5.95. The average Bonchev–Trinajstić information content (AvgIpc) is 3.01. The number of rotatable bonds is 9. The predicted molar refractivity (Wildman–Crippen MR) is 158 cm³/mol. The summed E-state index contributed by atoms with van der Waals surface area (Å²) in [5.41, 5.74) is -1.33. The molecule has 45 heavy (non-hydrogen) atoms. The lowest BCUT2D eigenvalue weighted by Crippen LogP contribution is -2.50. The zero-order valence-corrected chi connectivity index (χ0v) is 24.8. The van der Waals surface area contributed by atoms with Crippen LogP contribution >= 0.6 is 0 Å². The minimum absolute atomic E-state index is 0.00388. The first-order valence-corrected chi connectivity index (χ1v) is 14.2. The molecule has 1 saturated heterocycles. The number of alkyl halides is 6. The average molecular weight is 634 g/mol. The van der Waals surface area contributed by atoms with Gasteiger partial charge in [-0.05, 0) is 43.3 Å². The van der Waals surface area contributed by atoms with E-state index in [0.29, 0.717) is 56.2 Å². The fourth-order valence-corrected chi connectivity index (χ4v) is 4.96. The van der Waals surface area contributed by atoms with E-state index in [9.17, 15) is 35.9 Å². The van der Waals surface area contributed by atoms with Gasteiger partial charge in [-0.3, -0.25) is 14.5 Å². The van der Waals surface area contributed by atoms with Crippen molar-refractivity contribution in [2.24, 2.45) is 0 Å². The van der Waals surface area contributed by atoms with Gasteiger partial charge >= 0.3 is 12.4 Å². The Kier molecular flexibility index (Phi) is 10.6. The van der Waals surface area contributed by atoms with Gasteiger partial charge < -0.3 is 14.5 Å². The Hall–Kier alpha value is -4.32. The van der Waals surface area contributed by atoms with E-state index >= 15 is 0 Å². The summed E-state index contributed by atoms with van der Waals surface area (Å²) in [7, 11) is 1.58. The van der Waals surface area contributed by atoms with Gasteiger partial charge in [-0.15, -0.1) is 0 Å². The third-order valence-electron chi connectivity index (χ3n) is 7.53. The van der Waals surface area contributed by atoms with Crippen LogP contribution in [0.25, 0.3) is 6.08 Å². The summed E-state index contributed by atoms with van der Waals surface area (Å²) >= 11 is 0. The molecule has 1 aliphatic rings. The van der Waals surface area contributed by atoms with Crippen molar-refractivity contribution in [1.82, 2.24) is 14.7 Å². The van der Waals surface area contributed by atoms with E-state index in [1.165, 1.54) is 4.90 Å². The molecule has 0 radical (unpaired) electrons. The number of halogens is 6. The largest absolute Gasteiger partial charge is 0.496 e. The Morgan fingerprint density at radius 1 is 0.844 bits per heavy atom. The number of ether oxygens (including phenoxy) is 1. The van der Waals surface area contributed by atoms with Crippen molar-refractivity contribution in [2.45, 2.75) is 19.3 Å². The summed E-state index contributed by atoms with van der Waals surface area (Å²) in [6, 6.07) is 15.6. The zero-order chi connectivity index (χ0) is 32.8. The molecule has 240 valence electrons. The molecule has 0 bridgehead atoms. The molecule has 6 nitrogen and oxygen atoms in total. The Morgan fingerprint density at radius 2 is 1.44 bits per heavy atom. The lowest BCUT2D eigenvalue weighted by atomic mass is 10.0. The molecule has 3 aromatic carbocycles. The Morgan fingerprint density at radius 3 is 2.02 bits per heavy atom. The van der Waals surface area contributed by atoms with Gasteiger partial charge in [0.25, 0.3) is 11.8 Å². The van der Waals surface area contributed by atoms with Crippen LogP contribution in [-0.2, 0) is 12.4 Å². The molecule has 0 N–H and O–H groups in total. The van der Waals surface area contributed by atoms with Gasteiger partial charge in [0.2, 0.25) is 0 Å². The molecule has 0 unspecified atom stereocenters. The normalized spacial score (nSPS) is 14.5.